The van der Waals surface area contributed by atoms with E-state index in [-0.39, 0.29) is 24.4 Å². The van der Waals surface area contributed by atoms with E-state index in [4.69, 9.17) is 22.1 Å². The molecule has 1 aromatic heterocycles. The molecule has 1 aliphatic heterocycles. The predicted octanol–water partition coefficient (Wildman–Crippen LogP) is 4.23. The van der Waals surface area contributed by atoms with Gasteiger partial charge in [0.15, 0.2) is 0 Å². The lowest BCUT2D eigenvalue weighted by Crippen LogP contribution is -2.55. The summed E-state index contributed by atoms with van der Waals surface area (Å²) in [7, 11) is 1.52. The Morgan fingerprint density at radius 2 is 2.00 bits per heavy atom. The lowest BCUT2D eigenvalue weighted by atomic mass is 10.0. The van der Waals surface area contributed by atoms with Gasteiger partial charge in [-0.2, -0.15) is 0 Å². The van der Waals surface area contributed by atoms with Crippen molar-refractivity contribution in [2.45, 2.75) is 17.3 Å². The van der Waals surface area contributed by atoms with Crippen LogP contribution in [0.15, 0.2) is 54.7 Å². The molecule has 1 saturated heterocycles. The topological polar surface area (TPSA) is 68.5 Å². The van der Waals surface area contributed by atoms with Crippen LogP contribution in [0.1, 0.15) is 23.1 Å². The maximum Gasteiger partial charge on any atom is 0.240 e. The van der Waals surface area contributed by atoms with Gasteiger partial charge in [-0.3, -0.25) is 4.79 Å². The van der Waals surface area contributed by atoms with Gasteiger partial charge in [-0.1, -0.05) is 36.4 Å². The van der Waals surface area contributed by atoms with Crippen molar-refractivity contribution < 1.29 is 13.9 Å². The molecule has 0 spiro atoms. The highest BCUT2D eigenvalue weighted by Crippen LogP contribution is 2.64. The van der Waals surface area contributed by atoms with E-state index in [1.54, 1.807) is 12.3 Å². The molecule has 0 radical (unpaired) electrons. The van der Waals surface area contributed by atoms with Crippen LogP contribution in [0, 0.1) is 5.82 Å². The second-order valence-electron chi connectivity index (χ2n) is 7.52. The highest BCUT2D eigenvalue weighted by molar-refractivity contribution is 6.33. The van der Waals surface area contributed by atoms with Crippen LogP contribution in [-0.4, -0.2) is 30.6 Å². The zero-order chi connectivity index (χ0) is 21.0. The SMILES string of the molecule is COc1cc(F)c2c(c1-c1ccccc1)[C@@]2(Cl)c1ccc(N2CCC2C(N)=O)nc1.Cl. The molecule has 2 heterocycles. The summed E-state index contributed by atoms with van der Waals surface area (Å²) in [4.78, 5) is 16.7. The third-order valence-electron chi connectivity index (χ3n) is 5.94. The number of amides is 1. The zero-order valence-corrected chi connectivity index (χ0v) is 18.2. The fourth-order valence-electron chi connectivity index (χ4n) is 4.28. The first kappa shape index (κ1) is 21.4. The van der Waals surface area contributed by atoms with E-state index in [1.165, 1.54) is 13.2 Å². The van der Waals surface area contributed by atoms with E-state index < -0.39 is 10.7 Å². The van der Waals surface area contributed by atoms with Gasteiger partial charge in [-0.25, -0.2) is 9.37 Å². The fraction of sp³-hybridized carbons (Fsp3) is 0.217. The van der Waals surface area contributed by atoms with Crippen LogP contribution >= 0.6 is 24.0 Å². The summed E-state index contributed by atoms with van der Waals surface area (Å²) in [6.07, 6.45) is 2.36. The first-order valence-electron chi connectivity index (χ1n) is 9.65. The summed E-state index contributed by atoms with van der Waals surface area (Å²) in [5.74, 6) is 0.323. The van der Waals surface area contributed by atoms with Crippen molar-refractivity contribution in [3.63, 3.8) is 0 Å². The summed E-state index contributed by atoms with van der Waals surface area (Å²) in [5.41, 5.74) is 8.92. The minimum atomic E-state index is -1.10. The first-order valence-corrected chi connectivity index (χ1v) is 10.0. The normalized spacial score (nSPS) is 20.9. The van der Waals surface area contributed by atoms with E-state index in [9.17, 15) is 9.18 Å². The molecule has 31 heavy (non-hydrogen) atoms. The average Bonchev–Trinajstić information content (AvgIpc) is 3.35. The van der Waals surface area contributed by atoms with Crippen LogP contribution in [0.25, 0.3) is 11.1 Å². The van der Waals surface area contributed by atoms with Gasteiger partial charge >= 0.3 is 0 Å². The molecular formula is C23H20Cl2FN3O2. The molecular weight excluding hydrogens is 440 g/mol. The zero-order valence-electron chi connectivity index (χ0n) is 16.6. The van der Waals surface area contributed by atoms with Crippen molar-refractivity contribution in [2.75, 3.05) is 18.6 Å². The molecule has 2 N–H and O–H groups in total. The number of primary amides is 1. The Kier molecular flexibility index (Phi) is 5.31. The van der Waals surface area contributed by atoms with E-state index in [2.05, 4.69) is 4.98 Å². The number of methoxy groups -OCH3 is 1. The number of benzene rings is 2. The van der Waals surface area contributed by atoms with Crippen molar-refractivity contribution in [1.29, 1.82) is 0 Å². The quantitative estimate of drug-likeness (QED) is 0.579. The summed E-state index contributed by atoms with van der Waals surface area (Å²) < 4.78 is 20.3. The van der Waals surface area contributed by atoms with Crippen molar-refractivity contribution in [1.82, 2.24) is 4.98 Å². The van der Waals surface area contributed by atoms with E-state index in [1.807, 2.05) is 41.3 Å². The second kappa shape index (κ2) is 7.70. The number of nitrogens with two attached hydrogens (primary N) is 1. The Hall–Kier alpha value is -2.83. The van der Waals surface area contributed by atoms with Gasteiger partial charge in [0, 0.05) is 41.1 Å². The van der Waals surface area contributed by atoms with Crippen LogP contribution in [0.2, 0.25) is 0 Å². The molecule has 5 rings (SSSR count). The van der Waals surface area contributed by atoms with Gasteiger partial charge in [-0.05, 0) is 18.1 Å². The smallest absolute Gasteiger partial charge is 0.240 e. The van der Waals surface area contributed by atoms with Gasteiger partial charge in [0.2, 0.25) is 5.91 Å². The van der Waals surface area contributed by atoms with E-state index >= 15 is 0 Å². The monoisotopic (exact) mass is 459 g/mol. The fourth-order valence-corrected chi connectivity index (χ4v) is 4.72. The molecule has 160 valence electrons. The van der Waals surface area contributed by atoms with Crippen LogP contribution in [-0.2, 0) is 9.67 Å². The van der Waals surface area contributed by atoms with Gasteiger partial charge in [-0.15, -0.1) is 24.0 Å². The molecule has 2 aromatic carbocycles. The third kappa shape index (κ3) is 3.13. The van der Waals surface area contributed by atoms with E-state index in [0.717, 1.165) is 24.1 Å². The highest BCUT2D eigenvalue weighted by Gasteiger charge is 2.56. The molecule has 1 fully saturated rings. The minimum Gasteiger partial charge on any atom is -0.496 e. The minimum absolute atomic E-state index is 0. The molecule has 1 unspecified atom stereocenters. The van der Waals surface area contributed by atoms with Crippen LogP contribution in [0.5, 0.6) is 5.75 Å². The number of aromatic nitrogens is 1. The Morgan fingerprint density at radius 1 is 1.26 bits per heavy atom. The summed E-state index contributed by atoms with van der Waals surface area (Å²) >= 11 is 6.99. The number of halogens is 3. The number of nitrogens with zero attached hydrogens (tertiary/aromatic N) is 2. The number of anilines is 1. The molecule has 2 atom stereocenters. The van der Waals surface area contributed by atoms with Gasteiger partial charge < -0.3 is 15.4 Å². The standard InChI is InChI=1S/C23H19ClFN3O2.ClH/c1-30-17-11-15(25)20-21(19(17)13-5-3-2-4-6-13)23(20,24)14-7-8-18(27-12-14)28-10-9-16(28)22(26)29;/h2-8,11-12,16H,9-10H2,1H3,(H2,26,29);1H/t16?,23-;/m1./s1. The molecule has 2 aliphatic rings. The van der Waals surface area contributed by atoms with Crippen molar-refractivity contribution >= 4 is 35.7 Å². The molecule has 1 amide bonds. The largest absolute Gasteiger partial charge is 0.496 e. The van der Waals surface area contributed by atoms with Crippen molar-refractivity contribution in [2.24, 2.45) is 5.73 Å². The molecule has 1 aliphatic carbocycles. The number of fused-ring (bicyclic) bond motifs is 1. The number of ether oxygens (including phenoxy) is 1. The number of hydrogen-bond acceptors (Lipinski definition) is 4. The van der Waals surface area contributed by atoms with Crippen LogP contribution < -0.4 is 15.4 Å². The predicted molar refractivity (Wildman–Crippen MR) is 121 cm³/mol. The molecule has 0 saturated carbocycles. The number of hydrogen-bond donors (Lipinski definition) is 1. The van der Waals surface area contributed by atoms with Gasteiger partial charge in [0.05, 0.1) is 7.11 Å². The number of rotatable bonds is 5. The van der Waals surface area contributed by atoms with Gasteiger partial charge in [0.1, 0.15) is 28.3 Å². The third-order valence-corrected chi connectivity index (χ3v) is 6.54. The molecule has 5 nitrogen and oxygen atoms in total. The number of pyridine rings is 1. The summed E-state index contributed by atoms with van der Waals surface area (Å²) in [5, 5.41) is 0. The van der Waals surface area contributed by atoms with Crippen molar-refractivity contribution in [3.8, 4) is 16.9 Å². The Morgan fingerprint density at radius 3 is 2.55 bits per heavy atom. The first-order chi connectivity index (χ1) is 14.5. The number of alkyl halides is 1. The number of carbonyl (C=O) groups excluding carboxylic acids is 1. The molecule has 8 heteroatoms. The Bertz CT molecular complexity index is 1160. The van der Waals surface area contributed by atoms with E-state index in [0.29, 0.717) is 28.3 Å². The van der Waals surface area contributed by atoms with Crippen LogP contribution in [0.4, 0.5) is 10.2 Å². The van der Waals surface area contributed by atoms with Crippen LogP contribution in [0.3, 0.4) is 0 Å². The Balaban J connectivity index is 0.00000231. The molecule has 3 aromatic rings. The second-order valence-corrected chi connectivity index (χ2v) is 8.08. The average molecular weight is 460 g/mol. The highest BCUT2D eigenvalue weighted by atomic mass is 35.5. The maximum absolute atomic E-state index is 14.9. The van der Waals surface area contributed by atoms with Crippen molar-refractivity contribution in [3.05, 3.63) is 77.2 Å². The lowest BCUT2D eigenvalue weighted by molar-refractivity contribution is -0.120. The van der Waals surface area contributed by atoms with Gasteiger partial charge in [0.25, 0.3) is 0 Å². The lowest BCUT2D eigenvalue weighted by Gasteiger charge is -2.39. The summed E-state index contributed by atoms with van der Waals surface area (Å²) in [6, 6.07) is 14.3. The summed E-state index contributed by atoms with van der Waals surface area (Å²) in [6.45, 7) is 0.718. The maximum atomic E-state index is 14.9. The molecule has 0 bridgehead atoms. The Labute approximate surface area is 190 Å². The number of carbonyl (C=O) groups is 1.